The van der Waals surface area contributed by atoms with Crippen molar-refractivity contribution in [3.8, 4) is 6.07 Å². The summed E-state index contributed by atoms with van der Waals surface area (Å²) >= 11 is 0. The van der Waals surface area contributed by atoms with Crippen LogP contribution >= 0.6 is 0 Å². The number of nitrogens with zero attached hydrogens (tertiary/aromatic N) is 2. The van der Waals surface area contributed by atoms with Crippen molar-refractivity contribution in [1.29, 1.82) is 5.26 Å². The summed E-state index contributed by atoms with van der Waals surface area (Å²) in [7, 11) is 0. The van der Waals surface area contributed by atoms with Crippen LogP contribution in [0.3, 0.4) is 0 Å². The lowest BCUT2D eigenvalue weighted by Crippen LogP contribution is -2.32. The van der Waals surface area contributed by atoms with Crippen LogP contribution in [0.2, 0.25) is 0 Å². The summed E-state index contributed by atoms with van der Waals surface area (Å²) in [6.07, 6.45) is 5.24. The van der Waals surface area contributed by atoms with Crippen LogP contribution in [0.5, 0.6) is 0 Å². The van der Waals surface area contributed by atoms with Crippen molar-refractivity contribution in [2.24, 2.45) is 0 Å². The van der Waals surface area contributed by atoms with E-state index in [-0.39, 0.29) is 0 Å². The molecular weight excluding hydrogens is 208 g/mol. The van der Waals surface area contributed by atoms with E-state index in [1.165, 1.54) is 31.4 Å². The Balaban J connectivity index is 2.26. The molecular formula is C15H20N2. The minimum absolute atomic E-state index is 0.616. The molecule has 0 spiro atoms. The number of hydrogen-bond donors (Lipinski definition) is 0. The van der Waals surface area contributed by atoms with Crippen molar-refractivity contribution >= 4 is 5.69 Å². The van der Waals surface area contributed by atoms with Crippen molar-refractivity contribution in [2.45, 2.75) is 45.6 Å². The van der Waals surface area contributed by atoms with Crippen LogP contribution in [0.25, 0.3) is 0 Å². The number of aryl methyl sites for hydroxylation is 1. The van der Waals surface area contributed by atoms with Crippen molar-refractivity contribution in [1.82, 2.24) is 0 Å². The average Bonchev–Trinajstić information content (AvgIpc) is 2.54. The van der Waals surface area contributed by atoms with Gasteiger partial charge in [-0.1, -0.05) is 12.8 Å². The molecule has 1 aliphatic heterocycles. The first kappa shape index (κ1) is 12.0. The second kappa shape index (κ2) is 5.23. The quantitative estimate of drug-likeness (QED) is 0.733. The minimum Gasteiger partial charge on any atom is -0.369 e. The van der Waals surface area contributed by atoms with Gasteiger partial charge >= 0.3 is 0 Å². The summed E-state index contributed by atoms with van der Waals surface area (Å²) in [4.78, 5) is 2.49. The van der Waals surface area contributed by atoms with E-state index in [0.29, 0.717) is 6.04 Å². The fourth-order valence-electron chi connectivity index (χ4n) is 2.61. The summed E-state index contributed by atoms with van der Waals surface area (Å²) in [5.41, 5.74) is 3.15. The second-order valence-electron chi connectivity index (χ2n) is 5.00. The molecule has 1 aromatic rings. The van der Waals surface area contributed by atoms with E-state index in [2.05, 4.69) is 30.0 Å². The molecule has 0 bridgehead atoms. The van der Waals surface area contributed by atoms with Crippen LogP contribution in [0.4, 0.5) is 5.69 Å². The molecule has 0 saturated carbocycles. The van der Waals surface area contributed by atoms with Gasteiger partial charge in [-0.25, -0.2) is 0 Å². The number of rotatable bonds is 1. The van der Waals surface area contributed by atoms with Gasteiger partial charge in [0.1, 0.15) is 0 Å². The molecule has 0 aliphatic carbocycles. The van der Waals surface area contributed by atoms with Crippen molar-refractivity contribution in [3.63, 3.8) is 0 Å². The maximum absolute atomic E-state index is 8.95. The van der Waals surface area contributed by atoms with Crippen molar-refractivity contribution in [3.05, 3.63) is 29.3 Å². The monoisotopic (exact) mass is 228 g/mol. The highest BCUT2D eigenvalue weighted by Crippen LogP contribution is 2.25. The Bertz CT molecular complexity index is 431. The van der Waals surface area contributed by atoms with E-state index in [1.807, 2.05) is 13.0 Å². The van der Waals surface area contributed by atoms with Gasteiger partial charge in [0, 0.05) is 18.3 Å². The zero-order valence-corrected chi connectivity index (χ0v) is 10.7. The summed E-state index contributed by atoms with van der Waals surface area (Å²) in [6, 6.07) is 9.04. The first-order valence-corrected chi connectivity index (χ1v) is 6.50. The lowest BCUT2D eigenvalue weighted by atomic mass is 10.1. The van der Waals surface area contributed by atoms with E-state index in [4.69, 9.17) is 5.26 Å². The number of anilines is 1. The maximum atomic E-state index is 8.95. The normalized spacial score (nSPS) is 20.8. The topological polar surface area (TPSA) is 27.0 Å². The van der Waals surface area contributed by atoms with E-state index >= 15 is 0 Å². The Morgan fingerprint density at radius 2 is 2.12 bits per heavy atom. The molecule has 1 aliphatic rings. The Morgan fingerprint density at radius 1 is 1.29 bits per heavy atom. The third-order valence-electron chi connectivity index (χ3n) is 3.72. The first-order chi connectivity index (χ1) is 8.22. The molecule has 0 aromatic heterocycles. The Hall–Kier alpha value is -1.49. The van der Waals surface area contributed by atoms with Gasteiger partial charge in [-0.05, 0) is 50.5 Å². The summed E-state index contributed by atoms with van der Waals surface area (Å²) in [6.45, 7) is 5.47. The third kappa shape index (κ3) is 2.61. The van der Waals surface area contributed by atoms with Gasteiger partial charge in [0.2, 0.25) is 0 Å². The molecule has 0 radical (unpaired) electrons. The third-order valence-corrected chi connectivity index (χ3v) is 3.72. The Labute approximate surface area is 104 Å². The van der Waals surface area contributed by atoms with E-state index in [0.717, 1.165) is 17.7 Å². The molecule has 0 N–H and O–H groups in total. The Kier molecular flexibility index (Phi) is 3.68. The van der Waals surface area contributed by atoms with Crippen LogP contribution in [-0.2, 0) is 0 Å². The highest BCUT2D eigenvalue weighted by atomic mass is 15.2. The molecule has 90 valence electrons. The predicted molar refractivity (Wildman–Crippen MR) is 71.2 cm³/mol. The van der Waals surface area contributed by atoms with E-state index in [9.17, 15) is 0 Å². The fraction of sp³-hybridized carbons (Fsp3) is 0.533. The van der Waals surface area contributed by atoms with Crippen LogP contribution in [0.15, 0.2) is 18.2 Å². The smallest absolute Gasteiger partial charge is 0.0994 e. The summed E-state index contributed by atoms with van der Waals surface area (Å²) in [5.74, 6) is 0. The van der Waals surface area contributed by atoms with E-state index in [1.54, 1.807) is 0 Å². The lowest BCUT2D eigenvalue weighted by molar-refractivity contribution is 0.616. The molecule has 1 atom stereocenters. The van der Waals surface area contributed by atoms with Gasteiger partial charge in [0.05, 0.1) is 11.6 Å². The zero-order valence-electron chi connectivity index (χ0n) is 10.7. The fourth-order valence-corrected chi connectivity index (χ4v) is 2.61. The molecule has 17 heavy (non-hydrogen) atoms. The van der Waals surface area contributed by atoms with Gasteiger partial charge in [-0.2, -0.15) is 5.26 Å². The summed E-state index contributed by atoms with van der Waals surface area (Å²) in [5, 5.41) is 8.95. The maximum Gasteiger partial charge on any atom is 0.0994 e. The predicted octanol–water partition coefficient (Wildman–Crippen LogP) is 3.64. The molecule has 1 saturated heterocycles. The highest BCUT2D eigenvalue weighted by molar-refractivity contribution is 5.54. The molecule has 0 amide bonds. The SMILES string of the molecule is Cc1cc(N2CCCCCC2C)ccc1C#N. The van der Waals surface area contributed by atoms with Crippen LogP contribution in [-0.4, -0.2) is 12.6 Å². The van der Waals surface area contributed by atoms with Gasteiger partial charge < -0.3 is 4.90 Å². The van der Waals surface area contributed by atoms with Crippen LogP contribution in [0, 0.1) is 18.3 Å². The number of hydrogen-bond acceptors (Lipinski definition) is 2. The van der Waals surface area contributed by atoms with Crippen molar-refractivity contribution < 1.29 is 0 Å². The van der Waals surface area contributed by atoms with Gasteiger partial charge in [-0.3, -0.25) is 0 Å². The molecule has 1 unspecified atom stereocenters. The van der Waals surface area contributed by atoms with Crippen molar-refractivity contribution in [2.75, 3.05) is 11.4 Å². The largest absolute Gasteiger partial charge is 0.369 e. The number of nitriles is 1. The van der Waals surface area contributed by atoms with Gasteiger partial charge in [0.15, 0.2) is 0 Å². The van der Waals surface area contributed by atoms with E-state index < -0.39 is 0 Å². The molecule has 2 nitrogen and oxygen atoms in total. The molecule has 1 aromatic carbocycles. The molecule has 2 rings (SSSR count). The van der Waals surface area contributed by atoms with Gasteiger partial charge in [0.25, 0.3) is 0 Å². The minimum atomic E-state index is 0.616. The molecule has 1 fully saturated rings. The van der Waals surface area contributed by atoms with Gasteiger partial charge in [-0.15, -0.1) is 0 Å². The Morgan fingerprint density at radius 3 is 2.82 bits per heavy atom. The lowest BCUT2D eigenvalue weighted by Gasteiger charge is -2.29. The highest BCUT2D eigenvalue weighted by Gasteiger charge is 2.17. The second-order valence-corrected chi connectivity index (χ2v) is 5.00. The molecule has 1 heterocycles. The average molecular weight is 228 g/mol. The van der Waals surface area contributed by atoms with Crippen LogP contribution < -0.4 is 4.90 Å². The summed E-state index contributed by atoms with van der Waals surface area (Å²) < 4.78 is 0. The zero-order chi connectivity index (χ0) is 12.3. The number of benzene rings is 1. The first-order valence-electron chi connectivity index (χ1n) is 6.50. The van der Waals surface area contributed by atoms with Crippen LogP contribution in [0.1, 0.15) is 43.7 Å². The standard InChI is InChI=1S/C15H20N2/c1-12-10-15(8-7-14(12)11-16)17-9-5-3-4-6-13(17)2/h7-8,10,13H,3-6,9H2,1-2H3. The molecule has 2 heteroatoms.